The third-order valence-corrected chi connectivity index (χ3v) is 9.59. The molecular weight excluding hydrogens is 605 g/mol. The minimum atomic E-state index is 1.10. The zero-order valence-electron chi connectivity index (χ0n) is 27.5. The lowest BCUT2D eigenvalue weighted by Crippen LogP contribution is -2.10. The quantitative estimate of drug-likeness (QED) is 0.169. The van der Waals surface area contributed by atoms with Crippen molar-refractivity contribution < 1.29 is 0 Å². The van der Waals surface area contributed by atoms with Gasteiger partial charge >= 0.3 is 0 Å². The highest BCUT2D eigenvalue weighted by Crippen LogP contribution is 2.41. The van der Waals surface area contributed by atoms with Crippen LogP contribution in [0.3, 0.4) is 0 Å². The fourth-order valence-electron chi connectivity index (χ4n) is 7.13. The summed E-state index contributed by atoms with van der Waals surface area (Å²) < 4.78 is 2.40. The average Bonchev–Trinajstić information content (AvgIpc) is 3.53. The maximum absolute atomic E-state index is 2.40. The summed E-state index contributed by atoms with van der Waals surface area (Å²) >= 11 is 0. The molecule has 8 aromatic carbocycles. The minimum absolute atomic E-state index is 1.10. The van der Waals surface area contributed by atoms with Crippen LogP contribution in [0, 0.1) is 0 Å². The second-order valence-electron chi connectivity index (χ2n) is 12.6. The SMILES string of the molecule is c1ccc(-c2ccc(N(c3ccc(-c4ccccc4)cc3)c3ccc4c5cc(-c6ccccc6)ccc5n(-c5ccccc5)c4c3)cc2)cc1. The van der Waals surface area contributed by atoms with Crippen LogP contribution in [0.4, 0.5) is 17.1 Å². The molecule has 0 saturated carbocycles. The van der Waals surface area contributed by atoms with Crippen molar-refractivity contribution >= 4 is 38.9 Å². The van der Waals surface area contributed by atoms with Gasteiger partial charge in [0.2, 0.25) is 0 Å². The predicted octanol–water partition coefficient (Wildman–Crippen LogP) is 13.3. The molecule has 9 rings (SSSR count). The van der Waals surface area contributed by atoms with Crippen molar-refractivity contribution in [2.75, 3.05) is 4.90 Å². The van der Waals surface area contributed by atoms with Gasteiger partial charge in [-0.1, -0.05) is 146 Å². The number of hydrogen-bond acceptors (Lipinski definition) is 1. The lowest BCUT2D eigenvalue weighted by atomic mass is 10.0. The molecule has 0 N–H and O–H groups in total. The maximum atomic E-state index is 2.40. The largest absolute Gasteiger partial charge is 0.310 e. The molecule has 0 unspecified atom stereocenters. The molecule has 0 bridgehead atoms. The smallest absolute Gasteiger partial charge is 0.0561 e. The summed E-state index contributed by atoms with van der Waals surface area (Å²) in [7, 11) is 0. The first-order chi connectivity index (χ1) is 24.8. The van der Waals surface area contributed by atoms with Gasteiger partial charge in [0.05, 0.1) is 11.0 Å². The van der Waals surface area contributed by atoms with Gasteiger partial charge in [0.1, 0.15) is 0 Å². The Morgan fingerprint density at radius 3 is 1.22 bits per heavy atom. The van der Waals surface area contributed by atoms with Crippen LogP contribution in [0.2, 0.25) is 0 Å². The van der Waals surface area contributed by atoms with E-state index < -0.39 is 0 Å². The van der Waals surface area contributed by atoms with Crippen LogP contribution in [0.1, 0.15) is 0 Å². The van der Waals surface area contributed by atoms with Gasteiger partial charge in [-0.05, 0) is 94.0 Å². The van der Waals surface area contributed by atoms with E-state index in [0.29, 0.717) is 0 Å². The Bertz CT molecular complexity index is 2450. The van der Waals surface area contributed by atoms with Crippen molar-refractivity contribution in [3.63, 3.8) is 0 Å². The van der Waals surface area contributed by atoms with E-state index in [1.807, 2.05) is 0 Å². The van der Waals surface area contributed by atoms with Crippen molar-refractivity contribution in [3.8, 4) is 39.1 Å². The predicted molar refractivity (Wildman–Crippen MR) is 212 cm³/mol. The van der Waals surface area contributed by atoms with Crippen molar-refractivity contribution in [2.24, 2.45) is 0 Å². The van der Waals surface area contributed by atoms with E-state index in [1.54, 1.807) is 0 Å². The summed E-state index contributed by atoms with van der Waals surface area (Å²) in [6.45, 7) is 0. The van der Waals surface area contributed by atoms with E-state index in [1.165, 1.54) is 55.2 Å². The maximum Gasteiger partial charge on any atom is 0.0561 e. The van der Waals surface area contributed by atoms with E-state index in [0.717, 1.165) is 22.7 Å². The molecule has 0 aliphatic heterocycles. The summed E-state index contributed by atoms with van der Waals surface area (Å²) in [5.41, 5.74) is 14.0. The van der Waals surface area contributed by atoms with Crippen LogP contribution in [0.15, 0.2) is 206 Å². The monoisotopic (exact) mass is 638 g/mol. The van der Waals surface area contributed by atoms with Gasteiger partial charge in [0.15, 0.2) is 0 Å². The number of para-hydroxylation sites is 1. The Kier molecular flexibility index (Phi) is 7.53. The van der Waals surface area contributed by atoms with Gasteiger partial charge in [-0.15, -0.1) is 0 Å². The molecule has 50 heavy (non-hydrogen) atoms. The molecule has 236 valence electrons. The number of rotatable bonds is 7. The van der Waals surface area contributed by atoms with E-state index in [9.17, 15) is 0 Å². The zero-order chi connectivity index (χ0) is 33.3. The van der Waals surface area contributed by atoms with Crippen molar-refractivity contribution in [3.05, 3.63) is 206 Å². The van der Waals surface area contributed by atoms with E-state index in [-0.39, 0.29) is 0 Å². The average molecular weight is 639 g/mol. The lowest BCUT2D eigenvalue weighted by Gasteiger charge is -2.26. The Morgan fingerprint density at radius 2 is 0.700 bits per heavy atom. The Morgan fingerprint density at radius 1 is 0.280 bits per heavy atom. The molecule has 0 amide bonds. The van der Waals surface area contributed by atoms with E-state index in [4.69, 9.17) is 0 Å². The standard InChI is InChI=1S/C48H34N2/c1-5-13-35(14-6-1)38-21-26-42(27-22-38)49(43-28-23-39(24-29-43)36-15-7-2-8-16-36)44-30-31-45-46-33-40(37-17-9-3-10-18-37)25-32-47(46)50(48(45)34-44)41-19-11-4-12-20-41/h1-34H. The second-order valence-corrected chi connectivity index (χ2v) is 12.6. The van der Waals surface area contributed by atoms with Crippen molar-refractivity contribution in [2.45, 2.75) is 0 Å². The molecule has 0 atom stereocenters. The highest BCUT2D eigenvalue weighted by Gasteiger charge is 2.18. The van der Waals surface area contributed by atoms with Gasteiger partial charge in [0.25, 0.3) is 0 Å². The summed E-state index contributed by atoms with van der Waals surface area (Å²) in [5, 5.41) is 2.46. The molecule has 0 aliphatic rings. The van der Waals surface area contributed by atoms with Crippen LogP contribution in [-0.4, -0.2) is 4.57 Å². The zero-order valence-corrected chi connectivity index (χ0v) is 27.5. The topological polar surface area (TPSA) is 8.17 Å². The molecule has 0 spiro atoms. The van der Waals surface area contributed by atoms with Gasteiger partial charge < -0.3 is 9.47 Å². The first-order valence-corrected chi connectivity index (χ1v) is 17.1. The van der Waals surface area contributed by atoms with Crippen LogP contribution >= 0.6 is 0 Å². The summed E-state index contributed by atoms with van der Waals surface area (Å²) in [4.78, 5) is 2.37. The van der Waals surface area contributed by atoms with Gasteiger partial charge in [-0.3, -0.25) is 0 Å². The van der Waals surface area contributed by atoms with Gasteiger partial charge in [-0.25, -0.2) is 0 Å². The van der Waals surface area contributed by atoms with Crippen LogP contribution in [0.25, 0.3) is 60.9 Å². The summed E-state index contributed by atoms with van der Waals surface area (Å²) in [6.07, 6.45) is 0. The second kappa shape index (κ2) is 12.8. The Hall–Kier alpha value is -6.64. The van der Waals surface area contributed by atoms with Crippen LogP contribution in [-0.2, 0) is 0 Å². The number of benzene rings is 8. The molecular formula is C48H34N2. The van der Waals surface area contributed by atoms with E-state index >= 15 is 0 Å². The molecule has 1 aromatic heterocycles. The van der Waals surface area contributed by atoms with E-state index in [2.05, 4.69) is 216 Å². The van der Waals surface area contributed by atoms with Gasteiger partial charge in [0, 0.05) is 33.5 Å². The molecule has 0 radical (unpaired) electrons. The molecule has 0 saturated heterocycles. The third kappa shape index (κ3) is 5.43. The molecule has 2 nitrogen and oxygen atoms in total. The molecule has 0 fully saturated rings. The Balaban J connectivity index is 1.23. The van der Waals surface area contributed by atoms with Crippen molar-refractivity contribution in [1.29, 1.82) is 0 Å². The van der Waals surface area contributed by atoms with Crippen LogP contribution in [0.5, 0.6) is 0 Å². The summed E-state index contributed by atoms with van der Waals surface area (Å²) in [5.74, 6) is 0. The van der Waals surface area contributed by atoms with Gasteiger partial charge in [-0.2, -0.15) is 0 Å². The first-order valence-electron chi connectivity index (χ1n) is 17.1. The number of anilines is 3. The number of fused-ring (bicyclic) bond motifs is 3. The normalized spacial score (nSPS) is 11.2. The fourth-order valence-corrected chi connectivity index (χ4v) is 7.13. The fraction of sp³-hybridized carbons (Fsp3) is 0. The first kappa shape index (κ1) is 29.5. The Labute approximate surface area is 292 Å². The number of nitrogens with zero attached hydrogens (tertiary/aromatic N) is 2. The minimum Gasteiger partial charge on any atom is -0.310 e. The van der Waals surface area contributed by atoms with Crippen LogP contribution < -0.4 is 4.90 Å². The highest BCUT2D eigenvalue weighted by atomic mass is 15.1. The molecule has 1 heterocycles. The number of aromatic nitrogens is 1. The summed E-state index contributed by atoms with van der Waals surface area (Å²) in [6, 6.07) is 74.1. The third-order valence-electron chi connectivity index (χ3n) is 9.59. The molecule has 9 aromatic rings. The molecule has 2 heteroatoms. The highest BCUT2D eigenvalue weighted by molar-refractivity contribution is 6.11. The van der Waals surface area contributed by atoms with Crippen molar-refractivity contribution in [1.82, 2.24) is 4.57 Å². The lowest BCUT2D eigenvalue weighted by molar-refractivity contribution is 1.18. The number of hydrogen-bond donors (Lipinski definition) is 0. The molecule has 0 aliphatic carbocycles.